The Morgan fingerprint density at radius 2 is 2.00 bits per heavy atom. The van der Waals surface area contributed by atoms with Gasteiger partial charge in [0.05, 0.1) is 9.90 Å². The first-order valence-electron chi connectivity index (χ1n) is 8.13. The molecule has 1 amide bonds. The van der Waals surface area contributed by atoms with Gasteiger partial charge in [0.2, 0.25) is 10.0 Å². The number of nitrogens with two attached hydrogens (primary N) is 1. The molecule has 0 aliphatic rings. The molecule has 0 aliphatic heterocycles. The fourth-order valence-electron chi connectivity index (χ4n) is 2.34. The first-order valence-corrected chi connectivity index (χ1v) is 10.5. The summed E-state index contributed by atoms with van der Waals surface area (Å²) < 4.78 is 27.8. The molecule has 2 rings (SSSR count). The van der Waals surface area contributed by atoms with Gasteiger partial charge in [0.1, 0.15) is 5.69 Å². The summed E-state index contributed by atoms with van der Waals surface area (Å²) in [6.07, 6.45) is 0.614. The molecule has 7 nitrogen and oxygen atoms in total. The number of aromatic nitrogens is 1. The Labute approximate surface area is 158 Å². The molecule has 2 aromatic rings. The monoisotopic (exact) mass is 396 g/mol. The lowest BCUT2D eigenvalue weighted by Gasteiger charge is -2.21. The number of hydrogen-bond donors (Lipinski definition) is 3. The Bertz CT molecular complexity index is 899. The quantitative estimate of drug-likeness (QED) is 0.693. The molecule has 142 valence electrons. The molecular formula is C17H24N4O3S2. The Balaban J connectivity index is 2.27. The highest BCUT2D eigenvalue weighted by Crippen LogP contribution is 2.24. The molecular weight excluding hydrogens is 372 g/mol. The standard InChI is InChI=1S/C17H24N4O3S2/c1-11-12(20-16(22)13-10-25-15(19-13)8-9-18)6-5-7-14(11)26(23,24)21-17(2,3)4/h5-7,10,21H,8-9,18H2,1-4H3,(H,20,22). The predicted molar refractivity (Wildman–Crippen MR) is 104 cm³/mol. The Kier molecular flexibility index (Phi) is 6.17. The van der Waals surface area contributed by atoms with Gasteiger partial charge >= 0.3 is 0 Å². The molecule has 1 aromatic heterocycles. The molecule has 1 heterocycles. The number of carbonyl (C=O) groups is 1. The van der Waals surface area contributed by atoms with Crippen molar-refractivity contribution < 1.29 is 13.2 Å². The second kappa shape index (κ2) is 7.83. The van der Waals surface area contributed by atoms with E-state index in [1.165, 1.54) is 17.4 Å². The number of hydrogen-bond acceptors (Lipinski definition) is 6. The van der Waals surface area contributed by atoms with Crippen LogP contribution in [0.15, 0.2) is 28.5 Å². The number of anilines is 1. The number of carbonyl (C=O) groups excluding carboxylic acids is 1. The minimum Gasteiger partial charge on any atom is -0.330 e. The van der Waals surface area contributed by atoms with E-state index < -0.39 is 15.6 Å². The van der Waals surface area contributed by atoms with E-state index in [2.05, 4.69) is 15.0 Å². The summed E-state index contributed by atoms with van der Waals surface area (Å²) in [5.74, 6) is -0.383. The average Bonchev–Trinajstić information content (AvgIpc) is 2.96. The first-order chi connectivity index (χ1) is 12.0. The maximum Gasteiger partial charge on any atom is 0.275 e. The average molecular weight is 397 g/mol. The van der Waals surface area contributed by atoms with Crippen LogP contribution in [-0.4, -0.2) is 31.4 Å². The van der Waals surface area contributed by atoms with Crippen molar-refractivity contribution in [1.29, 1.82) is 0 Å². The minimum absolute atomic E-state index is 0.132. The summed E-state index contributed by atoms with van der Waals surface area (Å²) in [6, 6.07) is 4.78. The van der Waals surface area contributed by atoms with Gasteiger partial charge in [0, 0.05) is 23.0 Å². The third-order valence-corrected chi connectivity index (χ3v) is 6.22. The number of thiazole rings is 1. The van der Waals surface area contributed by atoms with Crippen molar-refractivity contribution in [2.45, 2.75) is 44.6 Å². The summed E-state index contributed by atoms with van der Waals surface area (Å²) in [7, 11) is -3.70. The highest BCUT2D eigenvalue weighted by Gasteiger charge is 2.25. The molecule has 0 saturated heterocycles. The maximum absolute atomic E-state index is 12.6. The summed E-state index contributed by atoms with van der Waals surface area (Å²) >= 11 is 1.37. The first kappa shape index (κ1) is 20.5. The SMILES string of the molecule is Cc1c(NC(=O)c2csc(CCN)n2)cccc1S(=O)(=O)NC(C)(C)C. The number of rotatable bonds is 6. The maximum atomic E-state index is 12.6. The fraction of sp³-hybridized carbons (Fsp3) is 0.412. The molecule has 26 heavy (non-hydrogen) atoms. The van der Waals surface area contributed by atoms with Gasteiger partial charge in [-0.15, -0.1) is 11.3 Å². The van der Waals surface area contributed by atoms with Crippen molar-refractivity contribution in [3.8, 4) is 0 Å². The van der Waals surface area contributed by atoms with E-state index in [4.69, 9.17) is 5.73 Å². The highest BCUT2D eigenvalue weighted by molar-refractivity contribution is 7.89. The number of amides is 1. The Morgan fingerprint density at radius 3 is 2.62 bits per heavy atom. The van der Waals surface area contributed by atoms with Gasteiger partial charge in [-0.05, 0) is 51.9 Å². The normalized spacial score (nSPS) is 12.2. The summed E-state index contributed by atoms with van der Waals surface area (Å²) in [5.41, 5.74) is 6.08. The smallest absolute Gasteiger partial charge is 0.275 e. The third kappa shape index (κ3) is 5.10. The lowest BCUT2D eigenvalue weighted by Crippen LogP contribution is -2.40. The summed E-state index contributed by atoms with van der Waals surface area (Å²) in [6.45, 7) is 7.44. The zero-order chi connectivity index (χ0) is 19.5. The van der Waals surface area contributed by atoms with Gasteiger partial charge in [-0.3, -0.25) is 4.79 Å². The molecule has 0 unspecified atom stereocenters. The molecule has 0 radical (unpaired) electrons. The molecule has 0 aliphatic carbocycles. The molecule has 0 atom stereocenters. The molecule has 4 N–H and O–H groups in total. The molecule has 1 aromatic carbocycles. The zero-order valence-electron chi connectivity index (χ0n) is 15.3. The van der Waals surface area contributed by atoms with Gasteiger partial charge in [-0.1, -0.05) is 6.07 Å². The van der Waals surface area contributed by atoms with E-state index in [9.17, 15) is 13.2 Å². The van der Waals surface area contributed by atoms with Crippen molar-refractivity contribution in [1.82, 2.24) is 9.71 Å². The molecule has 9 heteroatoms. The molecule has 0 saturated carbocycles. The van der Waals surface area contributed by atoms with E-state index in [1.807, 2.05) is 0 Å². The van der Waals surface area contributed by atoms with Crippen LogP contribution < -0.4 is 15.8 Å². The Hall–Kier alpha value is -1.81. The Morgan fingerprint density at radius 1 is 1.31 bits per heavy atom. The lowest BCUT2D eigenvalue weighted by molar-refractivity contribution is 0.102. The van der Waals surface area contributed by atoms with Crippen LogP contribution in [-0.2, 0) is 16.4 Å². The predicted octanol–water partition coefficient (Wildman–Crippen LogP) is 2.28. The van der Waals surface area contributed by atoms with E-state index >= 15 is 0 Å². The van der Waals surface area contributed by atoms with Crippen LogP contribution in [0.25, 0.3) is 0 Å². The molecule has 0 fully saturated rings. The number of nitrogens with zero attached hydrogens (tertiary/aromatic N) is 1. The summed E-state index contributed by atoms with van der Waals surface area (Å²) in [4.78, 5) is 16.8. The van der Waals surface area contributed by atoms with Gasteiger partial charge in [0.25, 0.3) is 5.91 Å². The lowest BCUT2D eigenvalue weighted by atomic mass is 10.1. The van der Waals surface area contributed by atoms with E-state index in [0.717, 1.165) is 5.01 Å². The van der Waals surface area contributed by atoms with Crippen molar-refractivity contribution in [3.05, 3.63) is 39.8 Å². The fourth-order valence-corrected chi connectivity index (χ4v) is 4.82. The topological polar surface area (TPSA) is 114 Å². The second-order valence-electron chi connectivity index (χ2n) is 6.90. The van der Waals surface area contributed by atoms with Crippen LogP contribution in [0.4, 0.5) is 5.69 Å². The van der Waals surface area contributed by atoms with Crippen LogP contribution in [0, 0.1) is 6.92 Å². The van der Waals surface area contributed by atoms with Gasteiger partial charge in [-0.25, -0.2) is 18.1 Å². The summed E-state index contributed by atoms with van der Waals surface area (Å²) in [5, 5.41) is 5.19. The van der Waals surface area contributed by atoms with Gasteiger partial charge < -0.3 is 11.1 Å². The van der Waals surface area contributed by atoms with Crippen molar-refractivity contribution in [3.63, 3.8) is 0 Å². The largest absolute Gasteiger partial charge is 0.330 e. The number of nitrogens with one attached hydrogen (secondary N) is 2. The van der Waals surface area contributed by atoms with Crippen LogP contribution in [0.3, 0.4) is 0 Å². The van der Waals surface area contributed by atoms with Crippen LogP contribution in [0.5, 0.6) is 0 Å². The van der Waals surface area contributed by atoms with E-state index in [1.54, 1.807) is 45.2 Å². The second-order valence-corrected chi connectivity index (χ2v) is 9.50. The van der Waals surface area contributed by atoms with Crippen LogP contribution >= 0.6 is 11.3 Å². The van der Waals surface area contributed by atoms with E-state index in [0.29, 0.717) is 29.9 Å². The van der Waals surface area contributed by atoms with Crippen molar-refractivity contribution in [2.75, 3.05) is 11.9 Å². The van der Waals surface area contributed by atoms with Crippen LogP contribution in [0.2, 0.25) is 0 Å². The van der Waals surface area contributed by atoms with Crippen LogP contribution in [0.1, 0.15) is 41.8 Å². The van der Waals surface area contributed by atoms with E-state index in [-0.39, 0.29) is 10.8 Å². The van der Waals surface area contributed by atoms with Gasteiger partial charge in [-0.2, -0.15) is 0 Å². The van der Waals surface area contributed by atoms with Gasteiger partial charge in [0.15, 0.2) is 0 Å². The minimum atomic E-state index is -3.70. The number of benzene rings is 1. The number of sulfonamides is 1. The van der Waals surface area contributed by atoms with Crippen molar-refractivity contribution in [2.24, 2.45) is 5.73 Å². The third-order valence-electron chi connectivity index (χ3n) is 3.40. The zero-order valence-corrected chi connectivity index (χ0v) is 16.9. The molecule has 0 spiro atoms. The van der Waals surface area contributed by atoms with Crippen molar-refractivity contribution >= 4 is 33.0 Å². The highest BCUT2D eigenvalue weighted by atomic mass is 32.2. The molecule has 0 bridgehead atoms.